The van der Waals surface area contributed by atoms with Crippen LogP contribution in [0.3, 0.4) is 0 Å². The minimum atomic E-state index is -2.51. The number of hydrogen-bond acceptors (Lipinski definition) is 35. The van der Waals surface area contributed by atoms with Crippen molar-refractivity contribution in [3.63, 3.8) is 0 Å². The molecule has 31 atom stereocenters. The summed E-state index contributed by atoms with van der Waals surface area (Å²) in [6.45, 7) is 3.10. The van der Waals surface area contributed by atoms with Gasteiger partial charge in [-0.3, -0.25) is 0 Å². The van der Waals surface area contributed by atoms with Gasteiger partial charge in [0.2, 0.25) is 25.2 Å². The zero-order valence-electron chi connectivity index (χ0n) is 44.0. The van der Waals surface area contributed by atoms with Gasteiger partial charge in [0.15, 0.2) is 31.5 Å². The van der Waals surface area contributed by atoms with Gasteiger partial charge in [0, 0.05) is 45.8 Å². The van der Waals surface area contributed by atoms with Crippen LogP contribution in [0.2, 0.25) is 0 Å². The van der Waals surface area contributed by atoms with Crippen molar-refractivity contribution >= 4 is 0 Å². The summed E-state index contributed by atoms with van der Waals surface area (Å²) < 4.78 is 88.9. The molecule has 468 valence electrons. The van der Waals surface area contributed by atoms with E-state index in [1.165, 1.54) is 19.9 Å². The fraction of sp³-hybridized carbons (Fsp3) is 0.956. The van der Waals surface area contributed by atoms with Crippen LogP contribution >= 0.6 is 0 Å². The van der Waals surface area contributed by atoms with E-state index in [9.17, 15) is 66.4 Å². The number of aliphatic hydroxyl groups excluding tert-OH is 11. The maximum Gasteiger partial charge on any atom is 0.209 e. The zero-order valence-corrected chi connectivity index (χ0v) is 44.0. The molecule has 0 saturated carbocycles. The Morgan fingerprint density at radius 1 is 0.350 bits per heavy atom. The van der Waals surface area contributed by atoms with Crippen LogP contribution in [-0.4, -0.2) is 322 Å². The summed E-state index contributed by atoms with van der Waals surface area (Å²) in [6.07, 6.45) is -56.2. The smallest absolute Gasteiger partial charge is 0.209 e. The first-order chi connectivity index (χ1) is 38.0. The Morgan fingerprint density at radius 3 is 0.925 bits per heavy atom. The third-order valence-electron chi connectivity index (χ3n) is 14.5. The lowest BCUT2D eigenvalue weighted by Gasteiger charge is -2.50. The number of hydrogen-bond donors (Lipinski definition) is 20. The molecule has 0 spiro atoms. The Hall–Kier alpha value is -1.66. The fourth-order valence-electron chi connectivity index (χ4n) is 10.0. The first-order valence-electron chi connectivity index (χ1n) is 26.2. The normalized spacial score (nSPS) is 49.0. The van der Waals surface area contributed by atoms with E-state index < -0.39 is 236 Å². The third kappa shape index (κ3) is 15.3. The lowest BCUT2D eigenvalue weighted by atomic mass is 9.95. The molecule has 0 aromatic heterocycles. The zero-order chi connectivity index (χ0) is 59.0. The highest BCUT2D eigenvalue weighted by Crippen LogP contribution is 2.37. The summed E-state index contributed by atoms with van der Waals surface area (Å²) in [5.41, 5.74) is 42.3. The van der Waals surface area contributed by atoms with Gasteiger partial charge in [-0.1, -0.05) is 6.08 Å². The van der Waals surface area contributed by atoms with Crippen LogP contribution in [0, 0.1) is 0 Å². The summed E-state index contributed by atoms with van der Waals surface area (Å²) >= 11 is 0. The maximum atomic E-state index is 11.9. The lowest BCUT2D eigenvalue weighted by molar-refractivity contribution is -0.391. The van der Waals surface area contributed by atoms with E-state index in [4.69, 9.17) is 111 Å². The van der Waals surface area contributed by atoms with Crippen molar-refractivity contribution in [3.05, 3.63) is 12.7 Å². The van der Waals surface area contributed by atoms with Gasteiger partial charge in [0.1, 0.15) is 122 Å². The van der Waals surface area contributed by atoms with Crippen LogP contribution < -0.4 is 40.1 Å². The lowest BCUT2D eigenvalue weighted by Crippen LogP contribution is -2.68. The number of aliphatic hydroxyl groups is 13. The molecule has 13 aliphatic heterocycles. The van der Waals surface area contributed by atoms with Gasteiger partial charge in [-0.25, -0.2) is 0 Å². The van der Waals surface area contributed by atoms with Gasteiger partial charge < -0.3 is 178 Å². The van der Waals surface area contributed by atoms with E-state index in [2.05, 4.69) is 6.58 Å². The quantitative estimate of drug-likeness (QED) is 0.0637. The van der Waals surface area contributed by atoms with Crippen molar-refractivity contribution in [2.24, 2.45) is 40.1 Å². The van der Waals surface area contributed by atoms with Crippen molar-refractivity contribution in [3.8, 4) is 0 Å². The number of ether oxygens (including phenoxy) is 15. The highest BCUT2D eigenvalue weighted by Gasteiger charge is 2.57. The number of fused-ring (bicyclic) bond motifs is 2. The second kappa shape index (κ2) is 30.6. The van der Waals surface area contributed by atoms with Gasteiger partial charge in [0.05, 0.1) is 31.0 Å². The summed E-state index contributed by atoms with van der Waals surface area (Å²) in [5.74, 6) is 0. The Bertz CT molecular complexity index is 1830. The Labute approximate surface area is 458 Å². The minimum Gasteiger partial charge on any atom is -0.387 e. The number of nitrogens with two attached hydrogens (primary N) is 7. The highest BCUT2D eigenvalue weighted by atomic mass is 16.8. The molecule has 13 saturated heterocycles. The molecule has 31 unspecified atom stereocenters. The average molecular weight is 1170 g/mol. The molecule has 10 bridgehead atoms. The van der Waals surface area contributed by atoms with E-state index in [1.807, 2.05) is 0 Å². The molecule has 13 rings (SSSR count). The number of rotatable bonds is 12. The highest BCUT2D eigenvalue weighted by molar-refractivity contribution is 5.00. The standard InChI is InChI=1S/C45H85N7O28/c1-4-5-66-36-30(61)35-21(12-52)75-43(36)67-13(2)15(6-46)69-44(37(62)63)68-14(3)16(7-47)70-45(38(64)65)80-34-20(11-51)74-41(29(60)25(34)56)78-32-18(9-49)72-39(27(58)23(32)54)76-31-17(8-48)71-40(26(57)22(31)53)77-33-19(10-50)73-42(79-35)28(59)24(33)55/h4,13-45,53-65H,1,5-12,46-52H2,2-3H3. The van der Waals surface area contributed by atoms with Gasteiger partial charge in [-0.2, -0.15) is 0 Å². The Kier molecular flexibility index (Phi) is 25.8. The van der Waals surface area contributed by atoms with Gasteiger partial charge in [-0.05, 0) is 13.8 Å². The van der Waals surface area contributed by atoms with E-state index in [1.54, 1.807) is 0 Å². The molecule has 0 aromatic rings. The van der Waals surface area contributed by atoms with E-state index in [0.717, 1.165) is 0 Å². The maximum absolute atomic E-state index is 11.9. The molecule has 13 aliphatic rings. The molecule has 0 radical (unpaired) electrons. The first kappa shape index (κ1) is 67.5. The van der Waals surface area contributed by atoms with E-state index in [0.29, 0.717) is 0 Å². The summed E-state index contributed by atoms with van der Waals surface area (Å²) in [6, 6.07) is 0. The molecule has 0 amide bonds. The second-order valence-corrected chi connectivity index (χ2v) is 20.0. The van der Waals surface area contributed by atoms with E-state index >= 15 is 0 Å². The average Bonchev–Trinajstić information content (AvgIpc) is 3.48. The minimum absolute atomic E-state index is 0.198. The summed E-state index contributed by atoms with van der Waals surface area (Å²) in [5, 5.41) is 145. The summed E-state index contributed by atoms with van der Waals surface area (Å²) in [7, 11) is 0. The molecule has 35 heteroatoms. The molecule has 35 nitrogen and oxygen atoms in total. The van der Waals surface area contributed by atoms with Crippen molar-refractivity contribution in [1.29, 1.82) is 0 Å². The molecule has 0 aliphatic carbocycles. The van der Waals surface area contributed by atoms with Crippen LogP contribution in [-0.2, 0) is 71.1 Å². The summed E-state index contributed by atoms with van der Waals surface area (Å²) in [4.78, 5) is 0. The van der Waals surface area contributed by atoms with Crippen LogP contribution in [0.5, 0.6) is 0 Å². The molecular formula is C45H85N7O28. The van der Waals surface area contributed by atoms with Gasteiger partial charge in [0.25, 0.3) is 0 Å². The predicted molar refractivity (Wildman–Crippen MR) is 260 cm³/mol. The molecule has 13 heterocycles. The van der Waals surface area contributed by atoms with Crippen molar-refractivity contribution in [1.82, 2.24) is 0 Å². The molecular weight excluding hydrogens is 1090 g/mol. The molecule has 13 fully saturated rings. The molecule has 27 N–H and O–H groups in total. The monoisotopic (exact) mass is 1170 g/mol. The fourth-order valence-corrected chi connectivity index (χ4v) is 10.0. The first-order valence-corrected chi connectivity index (χ1v) is 26.2. The van der Waals surface area contributed by atoms with Crippen molar-refractivity contribution in [2.75, 3.05) is 52.4 Å². The molecule has 80 heavy (non-hydrogen) atoms. The van der Waals surface area contributed by atoms with Crippen LogP contribution in [0.15, 0.2) is 12.7 Å². The predicted octanol–water partition coefficient (Wildman–Crippen LogP) is -13.1. The Morgan fingerprint density at radius 2 is 0.625 bits per heavy atom. The second-order valence-electron chi connectivity index (χ2n) is 20.0. The van der Waals surface area contributed by atoms with Crippen molar-refractivity contribution < 1.29 is 137 Å². The Balaban J connectivity index is 1.32. The third-order valence-corrected chi connectivity index (χ3v) is 14.5. The van der Waals surface area contributed by atoms with Crippen LogP contribution in [0.25, 0.3) is 0 Å². The SMILES string of the molecule is C=CCOC1C2OC(C)C(CN)OC(C(O)O)OC(C)C(CN)OC(C(O)O)OC3C(CN)OC(OC4C(CN)OC(OC5C(CN)OC(OC6C(CN)OC(OC(C(CN)O2)C1O)C(O)C6O)C(O)C5O)C(O)C4O)C(O)C3O. The molecule has 0 aromatic carbocycles. The van der Waals surface area contributed by atoms with E-state index in [-0.39, 0.29) is 19.7 Å². The topological polar surface area (TPSA) is 584 Å². The van der Waals surface area contributed by atoms with Crippen molar-refractivity contribution in [2.45, 2.75) is 217 Å². The largest absolute Gasteiger partial charge is 0.387 e. The van der Waals surface area contributed by atoms with Gasteiger partial charge >= 0.3 is 0 Å². The van der Waals surface area contributed by atoms with Crippen LogP contribution in [0.4, 0.5) is 0 Å². The van der Waals surface area contributed by atoms with Gasteiger partial charge in [-0.15, -0.1) is 6.58 Å². The van der Waals surface area contributed by atoms with Crippen LogP contribution in [0.1, 0.15) is 13.8 Å².